The molecule has 1 saturated heterocycles. The zero-order valence-electron chi connectivity index (χ0n) is 7.69. The summed E-state index contributed by atoms with van der Waals surface area (Å²) in [6, 6.07) is -1.05. The second-order valence-electron chi connectivity index (χ2n) is 2.95. The molecule has 0 aromatic rings. The first-order valence-electron chi connectivity index (χ1n) is 4.12. The van der Waals surface area contributed by atoms with Crippen molar-refractivity contribution < 1.29 is 19.5 Å². The zero-order chi connectivity index (χ0) is 10.7. The molecule has 2 amide bonds. The molecule has 0 N–H and O–H groups in total. The summed E-state index contributed by atoms with van der Waals surface area (Å²) >= 11 is 0.0912. The number of amides is 2. The van der Waals surface area contributed by atoms with Gasteiger partial charge in [0.25, 0.3) is 0 Å². The van der Waals surface area contributed by atoms with Crippen LogP contribution in [0, 0.1) is 0 Å². The van der Waals surface area contributed by atoms with Gasteiger partial charge in [0.15, 0.2) is 0 Å². The molecule has 1 fully saturated rings. The van der Waals surface area contributed by atoms with Crippen molar-refractivity contribution in [2.24, 2.45) is 0 Å². The van der Waals surface area contributed by atoms with Gasteiger partial charge in [-0.3, -0.25) is 0 Å². The maximum atomic E-state index is 11.2. The fourth-order valence-electron chi connectivity index (χ4n) is 1.35. The van der Waals surface area contributed by atoms with Crippen LogP contribution < -0.4 is 5.11 Å². The standard InChI is InChI=1S/C8H11NO4Se/c1-14-4-5(8(12)13)9-6(10)2-3-7(9)11/h5H,2-4H2,1H3,(H,12,13)/p-1. The van der Waals surface area contributed by atoms with Crippen molar-refractivity contribution in [1.29, 1.82) is 0 Å². The van der Waals surface area contributed by atoms with Crippen LogP contribution >= 0.6 is 0 Å². The Morgan fingerprint density at radius 1 is 1.50 bits per heavy atom. The molecule has 0 saturated carbocycles. The van der Waals surface area contributed by atoms with E-state index in [1.54, 1.807) is 0 Å². The third-order valence-electron chi connectivity index (χ3n) is 2.00. The molecule has 0 aliphatic carbocycles. The van der Waals surface area contributed by atoms with E-state index in [2.05, 4.69) is 0 Å². The summed E-state index contributed by atoms with van der Waals surface area (Å²) in [6.45, 7) is 0. The number of carbonyl (C=O) groups excluding carboxylic acids is 3. The van der Waals surface area contributed by atoms with Gasteiger partial charge in [0, 0.05) is 0 Å². The monoisotopic (exact) mass is 264 g/mol. The number of carboxylic acid groups (broad SMARTS) is 1. The number of nitrogens with zero attached hydrogens (tertiary/aromatic N) is 1. The normalized spacial score (nSPS) is 18.8. The third kappa shape index (κ3) is 2.13. The van der Waals surface area contributed by atoms with E-state index in [-0.39, 0.29) is 27.8 Å². The van der Waals surface area contributed by atoms with Gasteiger partial charge in [0.05, 0.1) is 0 Å². The molecule has 0 spiro atoms. The van der Waals surface area contributed by atoms with Crippen LogP contribution in [0.2, 0.25) is 11.1 Å². The summed E-state index contributed by atoms with van der Waals surface area (Å²) in [5.74, 6) is -0.271. The molecule has 78 valence electrons. The van der Waals surface area contributed by atoms with Crippen LogP contribution in [0.25, 0.3) is 0 Å². The Hall–Kier alpha value is -0.871. The molecule has 1 aliphatic heterocycles. The first kappa shape index (κ1) is 11.2. The van der Waals surface area contributed by atoms with Crippen molar-refractivity contribution in [1.82, 2.24) is 4.90 Å². The van der Waals surface area contributed by atoms with Gasteiger partial charge in [0.1, 0.15) is 0 Å². The molecular weight excluding hydrogens is 253 g/mol. The SMILES string of the molecule is C[Se]CC(C(=O)[O-])N1C(=O)CCC1=O. The molecule has 0 bridgehead atoms. The molecule has 0 aromatic heterocycles. The van der Waals surface area contributed by atoms with Crippen molar-refractivity contribution in [3.05, 3.63) is 0 Å². The van der Waals surface area contributed by atoms with E-state index in [1.165, 1.54) is 0 Å². The van der Waals surface area contributed by atoms with E-state index in [0.29, 0.717) is 5.32 Å². The predicted molar refractivity (Wildman–Crippen MR) is 46.3 cm³/mol. The van der Waals surface area contributed by atoms with Crippen molar-refractivity contribution >= 4 is 32.7 Å². The molecule has 1 atom stereocenters. The van der Waals surface area contributed by atoms with Gasteiger partial charge in [0.2, 0.25) is 0 Å². The Bertz CT molecular complexity index is 263. The summed E-state index contributed by atoms with van der Waals surface area (Å²) in [4.78, 5) is 34.0. The van der Waals surface area contributed by atoms with Crippen molar-refractivity contribution in [2.75, 3.05) is 0 Å². The van der Waals surface area contributed by atoms with E-state index in [0.717, 1.165) is 4.90 Å². The Labute approximate surface area is 87.6 Å². The minimum atomic E-state index is -1.34. The molecule has 6 heteroatoms. The molecule has 14 heavy (non-hydrogen) atoms. The Morgan fingerprint density at radius 2 is 2.00 bits per heavy atom. The van der Waals surface area contributed by atoms with Gasteiger partial charge in [-0.05, 0) is 0 Å². The number of hydrogen-bond acceptors (Lipinski definition) is 4. The van der Waals surface area contributed by atoms with Crippen molar-refractivity contribution in [2.45, 2.75) is 30.0 Å². The predicted octanol–water partition coefficient (Wildman–Crippen LogP) is -1.58. The molecule has 1 rings (SSSR count). The van der Waals surface area contributed by atoms with Gasteiger partial charge < -0.3 is 0 Å². The summed E-state index contributed by atoms with van der Waals surface area (Å²) in [7, 11) is 0. The number of likely N-dealkylation sites (tertiary alicyclic amines) is 1. The van der Waals surface area contributed by atoms with E-state index in [1.807, 2.05) is 5.82 Å². The van der Waals surface area contributed by atoms with E-state index < -0.39 is 23.8 Å². The van der Waals surface area contributed by atoms with Crippen LogP contribution in [0.1, 0.15) is 12.8 Å². The second-order valence-corrected chi connectivity index (χ2v) is 4.86. The molecule has 1 unspecified atom stereocenters. The van der Waals surface area contributed by atoms with Gasteiger partial charge in [-0.1, -0.05) is 0 Å². The minimum absolute atomic E-state index is 0.0912. The number of imide groups is 1. The zero-order valence-corrected chi connectivity index (χ0v) is 9.40. The first-order valence-corrected chi connectivity index (χ1v) is 7.05. The Balaban J connectivity index is 2.81. The van der Waals surface area contributed by atoms with Crippen LogP contribution in [0.4, 0.5) is 0 Å². The third-order valence-corrected chi connectivity index (χ3v) is 3.36. The molecule has 0 aromatic carbocycles. The molecule has 5 nitrogen and oxygen atoms in total. The van der Waals surface area contributed by atoms with Crippen LogP contribution in [0.5, 0.6) is 0 Å². The average Bonchev–Trinajstić information content (AvgIpc) is 2.43. The summed E-state index contributed by atoms with van der Waals surface area (Å²) in [5, 5.41) is 11.0. The van der Waals surface area contributed by atoms with Crippen LogP contribution in [0.15, 0.2) is 0 Å². The fraction of sp³-hybridized carbons (Fsp3) is 0.625. The summed E-state index contributed by atoms with van der Waals surface area (Å²) in [6.07, 6.45) is 0.249. The van der Waals surface area contributed by atoms with Crippen LogP contribution in [-0.2, 0) is 14.4 Å². The van der Waals surface area contributed by atoms with Crippen molar-refractivity contribution in [3.63, 3.8) is 0 Å². The molecular formula is C8H10NO4Se-. The number of rotatable bonds is 4. The second kappa shape index (κ2) is 4.57. The number of carboxylic acids is 1. The summed E-state index contributed by atoms with van der Waals surface area (Å²) < 4.78 is 0. The van der Waals surface area contributed by atoms with Crippen molar-refractivity contribution in [3.8, 4) is 0 Å². The first-order chi connectivity index (χ1) is 6.57. The van der Waals surface area contributed by atoms with E-state index in [4.69, 9.17) is 0 Å². The van der Waals surface area contributed by atoms with E-state index in [9.17, 15) is 19.5 Å². The number of aliphatic carboxylic acids is 1. The van der Waals surface area contributed by atoms with Crippen LogP contribution in [-0.4, -0.2) is 43.7 Å². The van der Waals surface area contributed by atoms with Crippen LogP contribution in [0.3, 0.4) is 0 Å². The summed E-state index contributed by atoms with van der Waals surface area (Å²) in [5.41, 5.74) is 0. The van der Waals surface area contributed by atoms with Gasteiger partial charge in [-0.15, -0.1) is 0 Å². The number of carbonyl (C=O) groups is 3. The van der Waals surface area contributed by atoms with E-state index >= 15 is 0 Å². The molecule has 0 radical (unpaired) electrons. The van der Waals surface area contributed by atoms with Gasteiger partial charge >= 0.3 is 87.2 Å². The topological polar surface area (TPSA) is 77.5 Å². The molecule has 1 heterocycles. The fourth-order valence-corrected chi connectivity index (χ4v) is 2.61. The van der Waals surface area contributed by atoms with Gasteiger partial charge in [-0.25, -0.2) is 0 Å². The number of hydrogen-bond donors (Lipinski definition) is 0. The van der Waals surface area contributed by atoms with Gasteiger partial charge in [-0.2, -0.15) is 0 Å². The Kier molecular flexibility index (Phi) is 3.66. The maximum absolute atomic E-state index is 11.2. The quantitative estimate of drug-likeness (QED) is 0.453. The average molecular weight is 263 g/mol. The molecule has 1 aliphatic rings. The Morgan fingerprint density at radius 3 is 2.36 bits per heavy atom.